The van der Waals surface area contributed by atoms with Crippen LogP contribution in [0.3, 0.4) is 0 Å². The fourth-order valence-electron chi connectivity index (χ4n) is 3.88. The summed E-state index contributed by atoms with van der Waals surface area (Å²) in [6.07, 6.45) is 7.59. The summed E-state index contributed by atoms with van der Waals surface area (Å²) in [5.41, 5.74) is 6.94. The summed E-state index contributed by atoms with van der Waals surface area (Å²) in [6, 6.07) is 0.379. The van der Waals surface area contributed by atoms with Crippen LogP contribution in [-0.2, 0) is 4.74 Å². The highest BCUT2D eigenvalue weighted by molar-refractivity contribution is 8.07. The Balaban J connectivity index is 1.63. The number of thioether (sulfide) groups is 2. The largest absolute Gasteiger partial charge is 0.375 e. The van der Waals surface area contributed by atoms with Crippen LogP contribution in [0.25, 0.3) is 0 Å². The van der Waals surface area contributed by atoms with Crippen molar-refractivity contribution in [2.75, 3.05) is 18.1 Å². The minimum Gasteiger partial charge on any atom is -0.375 e. The third kappa shape index (κ3) is 2.97. The summed E-state index contributed by atoms with van der Waals surface area (Å²) in [5.74, 6) is 3.29. The quantitative estimate of drug-likeness (QED) is 0.867. The lowest BCUT2D eigenvalue weighted by Crippen LogP contribution is -2.53. The van der Waals surface area contributed by atoms with Gasteiger partial charge in [0.25, 0.3) is 0 Å². The van der Waals surface area contributed by atoms with Gasteiger partial charge in [0.05, 0.1) is 5.60 Å². The number of nitrogens with two attached hydrogens (primary N) is 1. The van der Waals surface area contributed by atoms with Crippen molar-refractivity contribution in [1.29, 1.82) is 0 Å². The molecule has 2 N–H and O–H groups in total. The molecule has 1 aliphatic carbocycles. The normalized spacial score (nSPS) is 39.8. The van der Waals surface area contributed by atoms with E-state index in [2.05, 4.69) is 30.4 Å². The summed E-state index contributed by atoms with van der Waals surface area (Å²) >= 11 is 4.29. The van der Waals surface area contributed by atoms with Gasteiger partial charge >= 0.3 is 0 Å². The molecule has 2 aliphatic heterocycles. The summed E-state index contributed by atoms with van der Waals surface area (Å²) in [7, 11) is 0. The van der Waals surface area contributed by atoms with Crippen molar-refractivity contribution in [2.24, 2.45) is 11.7 Å². The second-order valence-electron chi connectivity index (χ2n) is 6.37. The van der Waals surface area contributed by atoms with Gasteiger partial charge in [-0.1, -0.05) is 6.92 Å². The fraction of sp³-hybridized carbons (Fsp3) is 1.00. The van der Waals surface area contributed by atoms with Crippen molar-refractivity contribution < 1.29 is 4.74 Å². The molecule has 3 fully saturated rings. The molecular weight excluding hydrogens is 274 g/mol. The highest BCUT2D eigenvalue weighted by Gasteiger charge is 2.45. The van der Waals surface area contributed by atoms with Crippen LogP contribution in [0.5, 0.6) is 0 Å². The van der Waals surface area contributed by atoms with E-state index in [9.17, 15) is 0 Å². The smallest absolute Gasteiger partial charge is 0.0685 e. The maximum absolute atomic E-state index is 6.70. The summed E-state index contributed by atoms with van der Waals surface area (Å²) in [6.45, 7) is 3.26. The van der Waals surface area contributed by atoms with Gasteiger partial charge in [0, 0.05) is 34.7 Å². The predicted octanol–water partition coefficient (Wildman–Crippen LogP) is 3.29. The van der Waals surface area contributed by atoms with E-state index in [0.717, 1.165) is 11.9 Å². The fourth-order valence-corrected chi connectivity index (χ4v) is 7.15. The lowest BCUT2D eigenvalue weighted by molar-refractivity contribution is -0.145. The average molecular weight is 302 g/mol. The molecule has 0 amide bonds. The van der Waals surface area contributed by atoms with Crippen LogP contribution in [0.2, 0.25) is 0 Å². The van der Waals surface area contributed by atoms with E-state index in [0.29, 0.717) is 17.2 Å². The van der Waals surface area contributed by atoms with Gasteiger partial charge in [-0.3, -0.25) is 0 Å². The molecule has 2 nitrogen and oxygen atoms in total. The molecule has 110 valence electrons. The van der Waals surface area contributed by atoms with E-state index in [-0.39, 0.29) is 5.60 Å². The van der Waals surface area contributed by atoms with E-state index in [4.69, 9.17) is 10.5 Å². The van der Waals surface area contributed by atoms with Gasteiger partial charge < -0.3 is 10.5 Å². The summed E-state index contributed by atoms with van der Waals surface area (Å²) in [5, 5.41) is 1.44. The van der Waals surface area contributed by atoms with Crippen LogP contribution >= 0.6 is 23.5 Å². The second-order valence-corrected chi connectivity index (χ2v) is 9.00. The van der Waals surface area contributed by atoms with Crippen molar-refractivity contribution in [3.8, 4) is 0 Å². The number of hydrogen-bond acceptors (Lipinski definition) is 4. The van der Waals surface area contributed by atoms with Crippen molar-refractivity contribution in [3.63, 3.8) is 0 Å². The van der Waals surface area contributed by atoms with E-state index in [1.807, 2.05) is 0 Å². The minimum atomic E-state index is 0.245. The molecule has 0 radical (unpaired) electrons. The Morgan fingerprint density at radius 1 is 1.32 bits per heavy atom. The molecule has 3 rings (SSSR count). The van der Waals surface area contributed by atoms with Crippen molar-refractivity contribution in [2.45, 2.75) is 67.6 Å². The van der Waals surface area contributed by atoms with Crippen molar-refractivity contribution >= 4 is 23.5 Å². The zero-order chi connectivity index (χ0) is 13.3. The Labute approximate surface area is 126 Å². The lowest BCUT2D eigenvalue weighted by atomic mass is 9.70. The third-order valence-electron chi connectivity index (χ3n) is 5.21. The van der Waals surface area contributed by atoms with Crippen LogP contribution in [0, 0.1) is 5.92 Å². The molecule has 1 saturated carbocycles. The molecule has 1 spiro atoms. The van der Waals surface area contributed by atoms with Gasteiger partial charge in [0.15, 0.2) is 0 Å². The van der Waals surface area contributed by atoms with Crippen LogP contribution in [0.1, 0.15) is 45.4 Å². The molecule has 0 aromatic carbocycles. The molecule has 2 saturated heterocycles. The topological polar surface area (TPSA) is 35.2 Å². The van der Waals surface area contributed by atoms with Crippen LogP contribution in [0.4, 0.5) is 0 Å². The van der Waals surface area contributed by atoms with Crippen LogP contribution in [-0.4, -0.2) is 40.3 Å². The van der Waals surface area contributed by atoms with E-state index in [1.165, 1.54) is 50.0 Å². The first-order chi connectivity index (χ1) is 9.24. The molecule has 0 aromatic rings. The summed E-state index contributed by atoms with van der Waals surface area (Å²) < 4.78 is 6.05. The first-order valence-electron chi connectivity index (χ1n) is 7.87. The number of rotatable bonds is 3. The third-order valence-corrected chi connectivity index (χ3v) is 8.61. The predicted molar refractivity (Wildman–Crippen MR) is 86.0 cm³/mol. The van der Waals surface area contributed by atoms with Gasteiger partial charge in [-0.15, -0.1) is 0 Å². The molecule has 0 bridgehead atoms. The molecule has 3 aliphatic rings. The first kappa shape index (κ1) is 14.6. The van der Waals surface area contributed by atoms with Crippen molar-refractivity contribution in [3.05, 3.63) is 0 Å². The molecule has 19 heavy (non-hydrogen) atoms. The van der Waals surface area contributed by atoms with Crippen LogP contribution in [0.15, 0.2) is 0 Å². The zero-order valence-electron chi connectivity index (χ0n) is 12.0. The Morgan fingerprint density at radius 2 is 2.11 bits per heavy atom. The molecule has 4 unspecified atom stereocenters. The minimum absolute atomic E-state index is 0.245. The molecule has 4 heteroatoms. The number of hydrogen-bond donors (Lipinski definition) is 1. The zero-order valence-corrected chi connectivity index (χ0v) is 13.6. The van der Waals surface area contributed by atoms with Crippen LogP contribution < -0.4 is 5.73 Å². The van der Waals surface area contributed by atoms with Gasteiger partial charge in [0.1, 0.15) is 0 Å². The maximum Gasteiger partial charge on any atom is 0.0685 e. The molecular formula is C15H27NOS2. The standard InChI is InChI=1S/C15H27NOS2/c1-2-12-14(19-9-8-18-12)13(16)11-4-7-17-15(10-11)5-3-6-15/h11-14H,2-10,16H2,1H3. The van der Waals surface area contributed by atoms with Gasteiger partial charge in [-0.2, -0.15) is 23.5 Å². The Morgan fingerprint density at radius 3 is 2.79 bits per heavy atom. The van der Waals surface area contributed by atoms with E-state index >= 15 is 0 Å². The van der Waals surface area contributed by atoms with Gasteiger partial charge in [0.2, 0.25) is 0 Å². The second kappa shape index (κ2) is 6.17. The Hall–Kier alpha value is 0.620. The first-order valence-corrected chi connectivity index (χ1v) is 9.96. The highest BCUT2D eigenvalue weighted by Crippen LogP contribution is 2.46. The van der Waals surface area contributed by atoms with Crippen molar-refractivity contribution in [1.82, 2.24) is 0 Å². The molecule has 0 aromatic heterocycles. The molecule has 2 heterocycles. The molecule has 4 atom stereocenters. The Kier molecular flexibility index (Phi) is 4.72. The Bertz CT molecular complexity index is 309. The monoisotopic (exact) mass is 301 g/mol. The SMILES string of the molecule is CCC1SCCSC1C(N)C1CCOC2(CCC2)C1. The maximum atomic E-state index is 6.70. The average Bonchev–Trinajstić information content (AvgIpc) is 2.45. The summed E-state index contributed by atoms with van der Waals surface area (Å²) in [4.78, 5) is 0. The highest BCUT2D eigenvalue weighted by atomic mass is 32.2. The van der Waals surface area contributed by atoms with E-state index in [1.54, 1.807) is 0 Å². The lowest BCUT2D eigenvalue weighted by Gasteiger charge is -2.50. The van der Waals surface area contributed by atoms with Gasteiger partial charge in [-0.25, -0.2) is 0 Å². The van der Waals surface area contributed by atoms with E-state index < -0.39 is 0 Å². The van der Waals surface area contributed by atoms with Gasteiger partial charge in [-0.05, 0) is 44.4 Å². The number of ether oxygens (including phenoxy) is 1.